The summed E-state index contributed by atoms with van der Waals surface area (Å²) < 4.78 is 0. The van der Waals surface area contributed by atoms with Crippen molar-refractivity contribution in [2.24, 2.45) is 0 Å². The summed E-state index contributed by atoms with van der Waals surface area (Å²) in [6.07, 6.45) is 0. The van der Waals surface area contributed by atoms with E-state index in [1.807, 2.05) is 38.1 Å². The Hall–Kier alpha value is -1.49. The van der Waals surface area contributed by atoms with Crippen LogP contribution in [0.5, 0.6) is 0 Å². The molecule has 1 N–H and O–H groups in total. The molecule has 0 bridgehead atoms. The first-order valence-electron chi connectivity index (χ1n) is 6.16. The molecule has 4 nitrogen and oxygen atoms in total. The minimum absolute atomic E-state index is 0.0167. The molecule has 0 aliphatic carbocycles. The first-order valence-corrected chi connectivity index (χ1v) is 7.32. The fourth-order valence-corrected chi connectivity index (χ4v) is 2.32. The van der Waals surface area contributed by atoms with Crippen molar-refractivity contribution in [1.29, 1.82) is 0 Å². The molecule has 0 saturated heterocycles. The minimum Gasteiger partial charge on any atom is -0.481 e. The van der Waals surface area contributed by atoms with Crippen LogP contribution >= 0.6 is 11.8 Å². The van der Waals surface area contributed by atoms with Gasteiger partial charge in [-0.05, 0) is 25.0 Å². The molecule has 5 heteroatoms. The van der Waals surface area contributed by atoms with Crippen LogP contribution in [0.1, 0.15) is 18.1 Å². The second kappa shape index (κ2) is 7.84. The van der Waals surface area contributed by atoms with Gasteiger partial charge in [-0.3, -0.25) is 9.59 Å². The number of aliphatic carboxylic acids is 1. The maximum atomic E-state index is 12.0. The number of carboxylic acids is 1. The summed E-state index contributed by atoms with van der Waals surface area (Å²) in [4.78, 5) is 24.1. The van der Waals surface area contributed by atoms with Gasteiger partial charge in [0.2, 0.25) is 5.91 Å². The van der Waals surface area contributed by atoms with Gasteiger partial charge in [-0.2, -0.15) is 0 Å². The van der Waals surface area contributed by atoms with Crippen LogP contribution in [0.2, 0.25) is 0 Å². The lowest BCUT2D eigenvalue weighted by Crippen LogP contribution is -2.32. The Morgan fingerprint density at radius 1 is 1.26 bits per heavy atom. The van der Waals surface area contributed by atoms with E-state index < -0.39 is 5.97 Å². The highest BCUT2D eigenvalue weighted by atomic mass is 32.2. The largest absolute Gasteiger partial charge is 0.481 e. The van der Waals surface area contributed by atoms with Crippen molar-refractivity contribution < 1.29 is 14.7 Å². The van der Waals surface area contributed by atoms with Crippen molar-refractivity contribution in [1.82, 2.24) is 4.90 Å². The van der Waals surface area contributed by atoms with E-state index in [9.17, 15) is 9.59 Å². The van der Waals surface area contributed by atoms with Gasteiger partial charge in [-0.15, -0.1) is 11.8 Å². The molecule has 0 aliphatic rings. The first kappa shape index (κ1) is 15.6. The van der Waals surface area contributed by atoms with Crippen molar-refractivity contribution in [3.05, 3.63) is 35.4 Å². The van der Waals surface area contributed by atoms with Crippen LogP contribution in [-0.2, 0) is 16.1 Å². The third kappa shape index (κ3) is 5.34. The monoisotopic (exact) mass is 281 g/mol. The number of benzene rings is 1. The molecule has 0 atom stereocenters. The van der Waals surface area contributed by atoms with Crippen LogP contribution in [0.4, 0.5) is 0 Å². The minimum atomic E-state index is -0.889. The van der Waals surface area contributed by atoms with Gasteiger partial charge in [-0.25, -0.2) is 0 Å². The molecule has 1 aromatic carbocycles. The number of aryl methyl sites for hydroxylation is 1. The molecule has 0 saturated carbocycles. The Bertz CT molecular complexity index is 448. The van der Waals surface area contributed by atoms with E-state index in [1.54, 1.807) is 4.90 Å². The average molecular weight is 281 g/mol. The summed E-state index contributed by atoms with van der Waals surface area (Å²) in [5.41, 5.74) is 2.29. The number of hydrogen-bond acceptors (Lipinski definition) is 3. The van der Waals surface area contributed by atoms with Crippen molar-refractivity contribution in [3.8, 4) is 0 Å². The highest BCUT2D eigenvalue weighted by Gasteiger charge is 2.13. The molecule has 1 aromatic rings. The summed E-state index contributed by atoms with van der Waals surface area (Å²) in [6, 6.07) is 7.96. The SMILES string of the molecule is CCN(Cc1ccccc1C)C(=O)CSCC(=O)O. The number of carboxylic acid groups (broad SMARTS) is 1. The van der Waals surface area contributed by atoms with Crippen LogP contribution in [-0.4, -0.2) is 39.9 Å². The molecule has 0 fully saturated rings. The van der Waals surface area contributed by atoms with E-state index in [1.165, 1.54) is 0 Å². The Morgan fingerprint density at radius 2 is 1.95 bits per heavy atom. The fraction of sp³-hybridized carbons (Fsp3) is 0.429. The normalized spacial score (nSPS) is 10.2. The zero-order valence-corrected chi connectivity index (χ0v) is 12.1. The molecule has 19 heavy (non-hydrogen) atoms. The fourth-order valence-electron chi connectivity index (χ4n) is 1.69. The smallest absolute Gasteiger partial charge is 0.313 e. The van der Waals surface area contributed by atoms with E-state index in [4.69, 9.17) is 5.11 Å². The molecule has 0 heterocycles. The highest BCUT2D eigenvalue weighted by molar-refractivity contribution is 8.00. The highest BCUT2D eigenvalue weighted by Crippen LogP contribution is 2.12. The summed E-state index contributed by atoms with van der Waals surface area (Å²) in [5, 5.41) is 8.55. The molecule has 1 rings (SSSR count). The van der Waals surface area contributed by atoms with Gasteiger partial charge in [-0.1, -0.05) is 24.3 Å². The van der Waals surface area contributed by atoms with E-state index in [-0.39, 0.29) is 17.4 Å². The van der Waals surface area contributed by atoms with Gasteiger partial charge in [0.05, 0.1) is 11.5 Å². The van der Waals surface area contributed by atoms with E-state index in [0.717, 1.165) is 22.9 Å². The quantitative estimate of drug-likeness (QED) is 0.832. The van der Waals surface area contributed by atoms with Crippen molar-refractivity contribution >= 4 is 23.6 Å². The van der Waals surface area contributed by atoms with Gasteiger partial charge >= 0.3 is 5.97 Å². The van der Waals surface area contributed by atoms with E-state index in [0.29, 0.717) is 13.1 Å². The topological polar surface area (TPSA) is 57.6 Å². The second-order valence-electron chi connectivity index (χ2n) is 4.22. The number of thioether (sulfide) groups is 1. The number of amides is 1. The molecular weight excluding hydrogens is 262 g/mol. The van der Waals surface area contributed by atoms with Crippen LogP contribution in [0.3, 0.4) is 0 Å². The van der Waals surface area contributed by atoms with Crippen LogP contribution < -0.4 is 0 Å². The standard InChI is InChI=1S/C14H19NO3S/c1-3-15(13(16)9-19-10-14(17)18)8-12-7-5-4-6-11(12)2/h4-7H,3,8-10H2,1-2H3,(H,17,18). The Morgan fingerprint density at radius 3 is 2.53 bits per heavy atom. The molecule has 0 radical (unpaired) electrons. The van der Waals surface area contributed by atoms with Gasteiger partial charge in [0.25, 0.3) is 0 Å². The third-order valence-electron chi connectivity index (χ3n) is 2.81. The van der Waals surface area contributed by atoms with Crippen molar-refractivity contribution in [3.63, 3.8) is 0 Å². The van der Waals surface area contributed by atoms with Crippen LogP contribution in [0, 0.1) is 6.92 Å². The predicted molar refractivity (Wildman–Crippen MR) is 77.2 cm³/mol. The maximum absolute atomic E-state index is 12.0. The van der Waals surface area contributed by atoms with Crippen molar-refractivity contribution in [2.75, 3.05) is 18.1 Å². The molecule has 0 unspecified atom stereocenters. The van der Waals surface area contributed by atoms with Gasteiger partial charge in [0, 0.05) is 13.1 Å². The number of hydrogen-bond donors (Lipinski definition) is 1. The molecule has 104 valence electrons. The molecule has 1 amide bonds. The van der Waals surface area contributed by atoms with Crippen LogP contribution in [0.25, 0.3) is 0 Å². The molecule has 0 aromatic heterocycles. The lowest BCUT2D eigenvalue weighted by atomic mass is 10.1. The predicted octanol–water partition coefficient (Wildman–Crippen LogP) is 2.16. The first-order chi connectivity index (χ1) is 9.04. The zero-order chi connectivity index (χ0) is 14.3. The Kier molecular flexibility index (Phi) is 6.42. The van der Waals surface area contributed by atoms with Gasteiger partial charge in [0.15, 0.2) is 0 Å². The van der Waals surface area contributed by atoms with Gasteiger partial charge < -0.3 is 10.0 Å². The molecule has 0 aliphatic heterocycles. The number of rotatable bonds is 7. The Labute approximate surface area is 117 Å². The van der Waals surface area contributed by atoms with Gasteiger partial charge in [0.1, 0.15) is 0 Å². The second-order valence-corrected chi connectivity index (χ2v) is 5.21. The zero-order valence-electron chi connectivity index (χ0n) is 11.3. The summed E-state index contributed by atoms with van der Waals surface area (Å²) in [7, 11) is 0. The van der Waals surface area contributed by atoms with E-state index in [2.05, 4.69) is 0 Å². The third-order valence-corrected chi connectivity index (χ3v) is 3.71. The van der Waals surface area contributed by atoms with Crippen LogP contribution in [0.15, 0.2) is 24.3 Å². The van der Waals surface area contributed by atoms with Crippen molar-refractivity contribution in [2.45, 2.75) is 20.4 Å². The number of carbonyl (C=O) groups is 2. The Balaban J connectivity index is 2.55. The lowest BCUT2D eigenvalue weighted by molar-refractivity contribution is -0.133. The average Bonchev–Trinajstić information content (AvgIpc) is 2.37. The molecule has 0 spiro atoms. The molecular formula is C14H19NO3S. The summed E-state index contributed by atoms with van der Waals surface area (Å²) in [6.45, 7) is 5.15. The number of nitrogens with zero attached hydrogens (tertiary/aromatic N) is 1. The lowest BCUT2D eigenvalue weighted by Gasteiger charge is -2.21. The summed E-state index contributed by atoms with van der Waals surface area (Å²) in [5.74, 6) is -0.726. The maximum Gasteiger partial charge on any atom is 0.313 e. The van der Waals surface area contributed by atoms with E-state index >= 15 is 0 Å². The summed E-state index contributed by atoms with van der Waals surface area (Å²) >= 11 is 1.14. The number of carbonyl (C=O) groups excluding carboxylic acids is 1.